The molecular formula is C11H18F7O4P. The average molecular weight is 378 g/mol. The molecule has 23 heavy (non-hydrogen) atoms. The molecule has 0 aromatic rings. The fourth-order valence-electron chi connectivity index (χ4n) is 1.97. The van der Waals surface area contributed by atoms with E-state index >= 15 is 0 Å². The zero-order valence-corrected chi connectivity index (χ0v) is 12.8. The summed E-state index contributed by atoms with van der Waals surface area (Å²) >= 11 is 0. The molecule has 0 heterocycles. The van der Waals surface area contributed by atoms with Crippen LogP contribution in [0.25, 0.3) is 0 Å². The highest BCUT2D eigenvalue weighted by Gasteiger charge is 2.44. The number of unbranched alkanes of at least 4 members (excludes halogenated alkanes) is 2. The van der Waals surface area contributed by atoms with Crippen LogP contribution in [0.3, 0.4) is 0 Å². The van der Waals surface area contributed by atoms with E-state index in [9.17, 15) is 35.3 Å². The van der Waals surface area contributed by atoms with Crippen molar-refractivity contribution in [1.29, 1.82) is 0 Å². The Hall–Kier alpha value is -0.380. The highest BCUT2D eigenvalue weighted by Crippen LogP contribution is 2.38. The first-order valence-electron chi connectivity index (χ1n) is 6.66. The molecule has 0 saturated heterocycles. The molecule has 12 heteroatoms. The summed E-state index contributed by atoms with van der Waals surface area (Å²) in [4.78, 5) is 16.8. The van der Waals surface area contributed by atoms with Crippen LogP contribution >= 0.6 is 7.82 Å². The molecule has 1 unspecified atom stereocenters. The van der Waals surface area contributed by atoms with E-state index in [-0.39, 0.29) is 32.3 Å². The van der Waals surface area contributed by atoms with Gasteiger partial charge in [-0.15, -0.1) is 0 Å². The maximum atomic E-state index is 12.9. The maximum Gasteiger partial charge on any atom is 0.469 e. The first-order chi connectivity index (χ1) is 10.2. The molecule has 0 radical (unpaired) electrons. The molecule has 1 atom stereocenters. The number of phosphoric ester groups is 1. The van der Waals surface area contributed by atoms with Crippen LogP contribution in [0.5, 0.6) is 0 Å². The summed E-state index contributed by atoms with van der Waals surface area (Å²) in [6, 6.07) is 0. The summed E-state index contributed by atoms with van der Waals surface area (Å²) < 4.78 is 101. The lowest BCUT2D eigenvalue weighted by molar-refractivity contribution is -0.169. The molecule has 0 aliphatic rings. The van der Waals surface area contributed by atoms with Crippen LogP contribution in [0.1, 0.15) is 38.5 Å². The van der Waals surface area contributed by atoms with Gasteiger partial charge in [-0.1, -0.05) is 12.8 Å². The smallest absolute Gasteiger partial charge is 0.303 e. The number of hydrogen-bond acceptors (Lipinski definition) is 2. The molecule has 0 saturated carbocycles. The highest BCUT2D eigenvalue weighted by atomic mass is 31.2. The number of halogens is 7. The standard InChI is InChI=1S/C11H18F7O4P/c12-9(13)10(14,15)6-8(7-11(16,17)18)4-2-1-3-5-22-23(19,20)21/h8-9H,1-7H2,(H2,19,20,21). The van der Waals surface area contributed by atoms with E-state index in [1.54, 1.807) is 0 Å². The second kappa shape index (κ2) is 9.19. The number of phosphoric acid groups is 1. The van der Waals surface area contributed by atoms with Gasteiger partial charge in [0.1, 0.15) is 0 Å². The third kappa shape index (κ3) is 12.7. The largest absolute Gasteiger partial charge is 0.469 e. The first-order valence-corrected chi connectivity index (χ1v) is 8.19. The van der Waals surface area contributed by atoms with E-state index in [0.29, 0.717) is 0 Å². The second-order valence-electron chi connectivity index (χ2n) is 5.12. The van der Waals surface area contributed by atoms with Crippen molar-refractivity contribution in [1.82, 2.24) is 0 Å². The zero-order valence-electron chi connectivity index (χ0n) is 11.9. The fraction of sp³-hybridized carbons (Fsp3) is 1.00. The molecule has 0 rings (SSSR count). The Labute approximate surface area is 128 Å². The maximum absolute atomic E-state index is 12.9. The molecule has 0 aromatic carbocycles. The molecule has 0 aliphatic heterocycles. The SMILES string of the molecule is O=P(O)(O)OCCCCCC(CC(F)(F)F)CC(F)(F)C(F)F. The molecule has 140 valence electrons. The Morgan fingerprint density at radius 3 is 1.96 bits per heavy atom. The molecule has 0 spiro atoms. The minimum atomic E-state index is -4.74. The third-order valence-corrected chi connectivity index (χ3v) is 3.44. The summed E-state index contributed by atoms with van der Waals surface area (Å²) in [6.45, 7) is -0.346. The van der Waals surface area contributed by atoms with Gasteiger partial charge >= 0.3 is 26.3 Å². The third-order valence-electron chi connectivity index (χ3n) is 2.92. The molecule has 0 bridgehead atoms. The van der Waals surface area contributed by atoms with Crippen molar-refractivity contribution in [2.75, 3.05) is 6.61 Å². The predicted molar refractivity (Wildman–Crippen MR) is 66.2 cm³/mol. The van der Waals surface area contributed by atoms with E-state index in [4.69, 9.17) is 9.79 Å². The lowest BCUT2D eigenvalue weighted by Gasteiger charge is -2.23. The van der Waals surface area contributed by atoms with Gasteiger partial charge in [0, 0.05) is 12.8 Å². The van der Waals surface area contributed by atoms with Crippen molar-refractivity contribution in [3.8, 4) is 0 Å². The summed E-state index contributed by atoms with van der Waals surface area (Å²) in [5.41, 5.74) is 0. The van der Waals surface area contributed by atoms with Gasteiger partial charge in [-0.2, -0.15) is 13.2 Å². The van der Waals surface area contributed by atoms with Crippen molar-refractivity contribution >= 4 is 7.82 Å². The molecule has 2 N–H and O–H groups in total. The highest BCUT2D eigenvalue weighted by molar-refractivity contribution is 7.46. The quantitative estimate of drug-likeness (QED) is 0.315. The Balaban J connectivity index is 4.30. The van der Waals surface area contributed by atoms with Gasteiger partial charge in [0.05, 0.1) is 6.61 Å². The van der Waals surface area contributed by atoms with E-state index in [0.717, 1.165) is 0 Å². The number of rotatable bonds is 11. The average Bonchev–Trinajstić information content (AvgIpc) is 2.29. The van der Waals surface area contributed by atoms with Gasteiger partial charge in [-0.3, -0.25) is 4.52 Å². The topological polar surface area (TPSA) is 66.8 Å². The van der Waals surface area contributed by atoms with Crippen LogP contribution in [0.2, 0.25) is 0 Å². The van der Waals surface area contributed by atoms with Crippen molar-refractivity contribution in [2.45, 2.75) is 57.0 Å². The monoisotopic (exact) mass is 378 g/mol. The Bertz CT molecular complexity index is 383. The van der Waals surface area contributed by atoms with Crippen molar-refractivity contribution < 1.29 is 49.6 Å². The molecule has 0 aliphatic carbocycles. The van der Waals surface area contributed by atoms with Gasteiger partial charge < -0.3 is 9.79 Å². The summed E-state index contributed by atoms with van der Waals surface area (Å²) in [7, 11) is -4.63. The van der Waals surface area contributed by atoms with Gasteiger partial charge in [-0.05, 0) is 18.8 Å². The van der Waals surface area contributed by atoms with Crippen LogP contribution in [-0.4, -0.2) is 34.9 Å². The van der Waals surface area contributed by atoms with Crippen molar-refractivity contribution in [3.63, 3.8) is 0 Å². The summed E-state index contributed by atoms with van der Waals surface area (Å²) in [5.74, 6) is -6.14. The van der Waals surface area contributed by atoms with Crippen molar-refractivity contribution in [2.24, 2.45) is 5.92 Å². The Morgan fingerprint density at radius 1 is 0.957 bits per heavy atom. The van der Waals surface area contributed by atoms with Crippen LogP contribution in [-0.2, 0) is 9.09 Å². The lowest BCUT2D eigenvalue weighted by atomic mass is 9.91. The van der Waals surface area contributed by atoms with E-state index < -0.39 is 45.1 Å². The molecule has 0 fully saturated rings. The second-order valence-corrected chi connectivity index (χ2v) is 6.36. The predicted octanol–water partition coefficient (Wildman–Crippen LogP) is 4.52. The Morgan fingerprint density at radius 2 is 1.52 bits per heavy atom. The lowest BCUT2D eigenvalue weighted by Crippen LogP contribution is -2.31. The van der Waals surface area contributed by atoms with Gasteiger partial charge in [-0.25, -0.2) is 22.1 Å². The molecule has 0 amide bonds. The Kier molecular flexibility index (Phi) is 9.04. The van der Waals surface area contributed by atoms with E-state index in [2.05, 4.69) is 4.52 Å². The molecular weight excluding hydrogens is 360 g/mol. The fourth-order valence-corrected chi connectivity index (χ4v) is 2.34. The van der Waals surface area contributed by atoms with Crippen LogP contribution in [0, 0.1) is 5.92 Å². The van der Waals surface area contributed by atoms with Crippen molar-refractivity contribution in [3.05, 3.63) is 0 Å². The minimum Gasteiger partial charge on any atom is -0.303 e. The van der Waals surface area contributed by atoms with Gasteiger partial charge in [0.2, 0.25) is 0 Å². The molecule has 4 nitrogen and oxygen atoms in total. The first kappa shape index (κ1) is 22.6. The zero-order chi connectivity index (χ0) is 18.3. The van der Waals surface area contributed by atoms with E-state index in [1.807, 2.05) is 0 Å². The summed E-state index contributed by atoms with van der Waals surface area (Å²) in [5, 5.41) is 0. The van der Waals surface area contributed by atoms with Crippen LogP contribution < -0.4 is 0 Å². The van der Waals surface area contributed by atoms with Crippen LogP contribution in [0.4, 0.5) is 30.7 Å². The van der Waals surface area contributed by atoms with E-state index in [1.165, 1.54) is 0 Å². The minimum absolute atomic E-state index is 0.0184. The molecule has 0 aromatic heterocycles. The normalized spacial score (nSPS) is 15.2. The number of alkyl halides is 7. The summed E-state index contributed by atoms with van der Waals surface area (Å²) in [6.07, 6.45) is -12.0. The number of hydrogen-bond donors (Lipinski definition) is 2. The van der Waals surface area contributed by atoms with Crippen LogP contribution in [0.15, 0.2) is 0 Å². The van der Waals surface area contributed by atoms with Gasteiger partial charge in [0.25, 0.3) is 0 Å². The van der Waals surface area contributed by atoms with Gasteiger partial charge in [0.15, 0.2) is 0 Å².